The number of alkyl halides is 2. The van der Waals surface area contributed by atoms with Gasteiger partial charge in [0.2, 0.25) is 0 Å². The minimum Gasteiger partial charge on any atom is -0.479 e. The van der Waals surface area contributed by atoms with Crippen molar-refractivity contribution in [2.75, 3.05) is 5.33 Å². The number of hydrogen-bond donors (Lipinski definition) is 1. The molecule has 0 saturated heterocycles. The number of carboxylic acid groups (broad SMARTS) is 1. The topological polar surface area (TPSA) is 37.3 Å². The molecule has 0 aliphatic heterocycles. The van der Waals surface area contributed by atoms with Crippen LogP contribution in [-0.2, 0) is 4.79 Å². The fraction of sp³-hybridized carbons (Fsp3) is 0.875. The number of unbranched alkanes of at least 4 members (excludes halogenated alkanes) is 3. The summed E-state index contributed by atoms with van der Waals surface area (Å²) in [5, 5.41) is 9.17. The van der Waals surface area contributed by atoms with Crippen LogP contribution in [0.4, 0.5) is 4.39 Å². The van der Waals surface area contributed by atoms with Gasteiger partial charge in [0.25, 0.3) is 0 Å². The zero-order chi connectivity index (χ0) is 9.40. The maximum atomic E-state index is 12.4. The summed E-state index contributed by atoms with van der Waals surface area (Å²) in [6.45, 7) is 0. The van der Waals surface area contributed by atoms with Gasteiger partial charge in [-0.05, 0) is 19.3 Å². The summed E-state index contributed by atoms with van der Waals surface area (Å²) in [6.07, 6.45) is 2.17. The minimum absolute atomic E-state index is 0.150. The Morgan fingerprint density at radius 3 is 2.42 bits per heavy atom. The second-order valence-corrected chi connectivity index (χ2v) is 3.49. The smallest absolute Gasteiger partial charge is 0.338 e. The lowest BCUT2D eigenvalue weighted by Gasteiger charge is -2.01. The first-order valence-corrected chi connectivity index (χ1v) is 5.23. The minimum atomic E-state index is -1.67. The average Bonchev–Trinajstić information content (AvgIpc) is 2.03. The number of aliphatic carboxylic acids is 1. The highest BCUT2D eigenvalue weighted by atomic mass is 79.9. The first kappa shape index (κ1) is 11.9. The predicted octanol–water partition coefficient (Wildman–Crippen LogP) is 2.75. The molecule has 0 aromatic carbocycles. The van der Waals surface area contributed by atoms with E-state index in [0.29, 0.717) is 6.42 Å². The second kappa shape index (κ2) is 7.53. The molecule has 0 aromatic heterocycles. The molecular formula is C8H14BrFO2. The van der Waals surface area contributed by atoms with E-state index in [1.165, 1.54) is 0 Å². The highest BCUT2D eigenvalue weighted by Crippen LogP contribution is 2.08. The molecule has 0 aromatic rings. The number of halogens is 2. The lowest BCUT2D eigenvalue weighted by molar-refractivity contribution is -0.143. The van der Waals surface area contributed by atoms with Crippen LogP contribution in [0.3, 0.4) is 0 Å². The van der Waals surface area contributed by atoms with Crippen LogP contribution in [0.5, 0.6) is 0 Å². The van der Waals surface area contributed by atoms with Crippen molar-refractivity contribution in [2.24, 2.45) is 0 Å². The van der Waals surface area contributed by atoms with Crippen molar-refractivity contribution in [1.29, 1.82) is 0 Å². The Bertz CT molecular complexity index is 130. The second-order valence-electron chi connectivity index (χ2n) is 2.70. The molecule has 0 bridgehead atoms. The Labute approximate surface area is 80.3 Å². The van der Waals surface area contributed by atoms with Crippen LogP contribution in [0.2, 0.25) is 0 Å². The van der Waals surface area contributed by atoms with Gasteiger partial charge in [0.1, 0.15) is 0 Å². The summed E-state index contributed by atoms with van der Waals surface area (Å²) in [6, 6.07) is 0. The Balaban J connectivity index is 3.14. The standard InChI is InChI=1S/C8H14BrFO2/c9-6-4-2-1-3-5-7(10)8(11)12/h7H,1-6H2,(H,11,12). The first-order valence-electron chi connectivity index (χ1n) is 4.11. The lowest BCUT2D eigenvalue weighted by Crippen LogP contribution is -2.13. The Morgan fingerprint density at radius 1 is 1.33 bits per heavy atom. The molecule has 1 N–H and O–H groups in total. The zero-order valence-electron chi connectivity index (χ0n) is 6.93. The SMILES string of the molecule is O=C(O)C(F)CCCCCCBr. The molecule has 0 aliphatic rings. The maximum absolute atomic E-state index is 12.4. The van der Waals surface area contributed by atoms with E-state index in [1.807, 2.05) is 0 Å². The van der Waals surface area contributed by atoms with Gasteiger partial charge in [-0.2, -0.15) is 0 Å². The van der Waals surface area contributed by atoms with Crippen molar-refractivity contribution in [1.82, 2.24) is 0 Å². The van der Waals surface area contributed by atoms with Crippen LogP contribution < -0.4 is 0 Å². The molecule has 0 rings (SSSR count). The van der Waals surface area contributed by atoms with Gasteiger partial charge in [-0.25, -0.2) is 9.18 Å². The van der Waals surface area contributed by atoms with Crippen LogP contribution in [0.1, 0.15) is 32.1 Å². The third kappa shape index (κ3) is 6.58. The molecule has 0 radical (unpaired) electrons. The van der Waals surface area contributed by atoms with Crippen molar-refractivity contribution in [3.05, 3.63) is 0 Å². The third-order valence-corrected chi connectivity index (χ3v) is 2.17. The maximum Gasteiger partial charge on any atom is 0.338 e. The van der Waals surface area contributed by atoms with Gasteiger partial charge in [-0.3, -0.25) is 0 Å². The van der Waals surface area contributed by atoms with E-state index in [2.05, 4.69) is 15.9 Å². The summed E-state index contributed by atoms with van der Waals surface area (Å²) in [7, 11) is 0. The fourth-order valence-electron chi connectivity index (χ4n) is 0.895. The largest absolute Gasteiger partial charge is 0.479 e. The Hall–Kier alpha value is -0.120. The zero-order valence-corrected chi connectivity index (χ0v) is 8.52. The summed E-state index contributed by atoms with van der Waals surface area (Å²) in [5.74, 6) is -1.34. The molecular weight excluding hydrogens is 227 g/mol. The van der Waals surface area contributed by atoms with E-state index in [1.54, 1.807) is 0 Å². The number of rotatable bonds is 7. The molecule has 0 heterocycles. The molecule has 0 aliphatic carbocycles. The van der Waals surface area contributed by atoms with Gasteiger partial charge in [-0.15, -0.1) is 0 Å². The van der Waals surface area contributed by atoms with Crippen molar-refractivity contribution >= 4 is 21.9 Å². The average molecular weight is 241 g/mol. The summed E-state index contributed by atoms with van der Waals surface area (Å²) in [4.78, 5) is 10.0. The number of hydrogen-bond acceptors (Lipinski definition) is 1. The quantitative estimate of drug-likeness (QED) is 0.549. The molecule has 1 unspecified atom stereocenters. The van der Waals surface area contributed by atoms with E-state index >= 15 is 0 Å². The van der Waals surface area contributed by atoms with E-state index in [9.17, 15) is 9.18 Å². The summed E-state index contributed by atoms with van der Waals surface area (Å²) >= 11 is 3.29. The van der Waals surface area contributed by atoms with Crippen molar-refractivity contribution < 1.29 is 14.3 Å². The van der Waals surface area contributed by atoms with Gasteiger partial charge in [0, 0.05) is 5.33 Å². The van der Waals surface area contributed by atoms with Gasteiger partial charge in [-0.1, -0.05) is 28.8 Å². The van der Waals surface area contributed by atoms with Gasteiger partial charge < -0.3 is 5.11 Å². The number of carbonyl (C=O) groups is 1. The van der Waals surface area contributed by atoms with Crippen molar-refractivity contribution in [2.45, 2.75) is 38.3 Å². The predicted molar refractivity (Wildman–Crippen MR) is 49.4 cm³/mol. The molecule has 72 valence electrons. The highest BCUT2D eigenvalue weighted by molar-refractivity contribution is 9.09. The van der Waals surface area contributed by atoms with Gasteiger partial charge in [0.05, 0.1) is 0 Å². The van der Waals surface area contributed by atoms with Crippen LogP contribution in [-0.4, -0.2) is 22.6 Å². The molecule has 0 amide bonds. The monoisotopic (exact) mass is 240 g/mol. The van der Waals surface area contributed by atoms with Crippen LogP contribution in [0, 0.1) is 0 Å². The van der Waals surface area contributed by atoms with E-state index < -0.39 is 12.1 Å². The molecule has 0 saturated carbocycles. The summed E-state index contributed by atoms with van der Waals surface area (Å²) < 4.78 is 12.4. The van der Waals surface area contributed by atoms with E-state index in [-0.39, 0.29) is 6.42 Å². The molecule has 0 fully saturated rings. The number of carboxylic acids is 1. The Kier molecular flexibility index (Phi) is 7.45. The van der Waals surface area contributed by atoms with Gasteiger partial charge in [0.15, 0.2) is 6.17 Å². The van der Waals surface area contributed by atoms with E-state index in [0.717, 1.165) is 24.6 Å². The molecule has 12 heavy (non-hydrogen) atoms. The first-order chi connectivity index (χ1) is 5.68. The molecule has 1 atom stereocenters. The molecule has 2 nitrogen and oxygen atoms in total. The fourth-order valence-corrected chi connectivity index (χ4v) is 1.29. The normalized spacial score (nSPS) is 12.8. The van der Waals surface area contributed by atoms with E-state index in [4.69, 9.17) is 5.11 Å². The van der Waals surface area contributed by atoms with Crippen molar-refractivity contribution in [3.8, 4) is 0 Å². The third-order valence-electron chi connectivity index (χ3n) is 1.61. The lowest BCUT2D eigenvalue weighted by atomic mass is 10.1. The van der Waals surface area contributed by atoms with Crippen molar-refractivity contribution in [3.63, 3.8) is 0 Å². The van der Waals surface area contributed by atoms with Crippen LogP contribution >= 0.6 is 15.9 Å². The molecule has 4 heteroatoms. The summed E-state index contributed by atoms with van der Waals surface area (Å²) in [5.41, 5.74) is 0. The van der Waals surface area contributed by atoms with Crippen LogP contribution in [0.15, 0.2) is 0 Å². The van der Waals surface area contributed by atoms with Gasteiger partial charge >= 0.3 is 5.97 Å². The van der Waals surface area contributed by atoms with Crippen LogP contribution in [0.25, 0.3) is 0 Å². The Morgan fingerprint density at radius 2 is 1.92 bits per heavy atom. The molecule has 0 spiro atoms. The highest BCUT2D eigenvalue weighted by Gasteiger charge is 2.13.